The minimum atomic E-state index is -0.118. The first-order valence-electron chi connectivity index (χ1n) is 8.40. The molecule has 0 aliphatic rings. The largest absolute Gasteiger partial charge is 0.497 e. The monoisotopic (exact) mass is 345 g/mol. The molecule has 0 atom stereocenters. The van der Waals surface area contributed by atoms with Crippen LogP contribution in [0.3, 0.4) is 0 Å². The SMILES string of the molecule is COc1ccc(Cn2c(=O)[nH]c3cc(Nc4ccccc4)ccc32)cc1. The summed E-state index contributed by atoms with van der Waals surface area (Å²) in [6, 6.07) is 23.6. The van der Waals surface area contributed by atoms with Crippen LogP contribution in [0.2, 0.25) is 0 Å². The van der Waals surface area contributed by atoms with E-state index in [0.29, 0.717) is 6.54 Å². The van der Waals surface area contributed by atoms with Gasteiger partial charge in [0.25, 0.3) is 0 Å². The number of H-pyrrole nitrogens is 1. The third-order valence-electron chi connectivity index (χ3n) is 4.34. The van der Waals surface area contributed by atoms with Gasteiger partial charge in [-0.1, -0.05) is 30.3 Å². The molecule has 0 fully saturated rings. The zero-order valence-electron chi connectivity index (χ0n) is 14.4. The van der Waals surface area contributed by atoms with Gasteiger partial charge in [-0.2, -0.15) is 0 Å². The summed E-state index contributed by atoms with van der Waals surface area (Å²) in [7, 11) is 1.64. The zero-order valence-corrected chi connectivity index (χ0v) is 14.4. The molecule has 2 N–H and O–H groups in total. The van der Waals surface area contributed by atoms with Crippen LogP contribution in [0.15, 0.2) is 77.6 Å². The normalized spacial score (nSPS) is 10.8. The molecule has 0 saturated carbocycles. The van der Waals surface area contributed by atoms with Gasteiger partial charge in [-0.3, -0.25) is 4.57 Å². The van der Waals surface area contributed by atoms with Crippen molar-refractivity contribution in [2.45, 2.75) is 6.54 Å². The number of aromatic nitrogens is 2. The van der Waals surface area contributed by atoms with Gasteiger partial charge >= 0.3 is 5.69 Å². The minimum Gasteiger partial charge on any atom is -0.497 e. The van der Waals surface area contributed by atoms with Gasteiger partial charge in [-0.05, 0) is 48.0 Å². The summed E-state index contributed by atoms with van der Waals surface area (Å²) in [6.45, 7) is 0.508. The molecule has 26 heavy (non-hydrogen) atoms. The Morgan fingerprint density at radius 2 is 1.73 bits per heavy atom. The van der Waals surface area contributed by atoms with Gasteiger partial charge < -0.3 is 15.0 Å². The predicted molar refractivity (Wildman–Crippen MR) is 104 cm³/mol. The first kappa shape index (κ1) is 16.0. The lowest BCUT2D eigenvalue weighted by Crippen LogP contribution is -2.17. The number of hydrogen-bond acceptors (Lipinski definition) is 3. The Balaban J connectivity index is 1.63. The summed E-state index contributed by atoms with van der Waals surface area (Å²) in [5.41, 5.74) is 4.55. The van der Waals surface area contributed by atoms with Crippen LogP contribution in [0.4, 0.5) is 11.4 Å². The molecular weight excluding hydrogens is 326 g/mol. The van der Waals surface area contributed by atoms with Crippen molar-refractivity contribution >= 4 is 22.4 Å². The lowest BCUT2D eigenvalue weighted by molar-refractivity contribution is 0.414. The topological polar surface area (TPSA) is 59.0 Å². The Morgan fingerprint density at radius 1 is 0.962 bits per heavy atom. The van der Waals surface area contributed by atoms with Crippen molar-refractivity contribution in [2.75, 3.05) is 12.4 Å². The van der Waals surface area contributed by atoms with Crippen LogP contribution >= 0.6 is 0 Å². The average molecular weight is 345 g/mol. The molecular formula is C21H19N3O2. The van der Waals surface area contributed by atoms with Crippen molar-refractivity contribution in [1.82, 2.24) is 9.55 Å². The molecule has 5 nitrogen and oxygen atoms in total. The van der Waals surface area contributed by atoms with E-state index in [1.165, 1.54) is 0 Å². The molecule has 0 aliphatic heterocycles. The van der Waals surface area contributed by atoms with Gasteiger partial charge in [0.1, 0.15) is 5.75 Å². The number of hydrogen-bond donors (Lipinski definition) is 2. The number of nitrogens with zero attached hydrogens (tertiary/aromatic N) is 1. The third kappa shape index (κ3) is 3.19. The molecule has 1 heterocycles. The second kappa shape index (κ2) is 6.80. The second-order valence-corrected chi connectivity index (χ2v) is 6.09. The molecule has 0 aliphatic carbocycles. The van der Waals surface area contributed by atoms with Crippen LogP contribution < -0.4 is 15.7 Å². The number of anilines is 2. The lowest BCUT2D eigenvalue weighted by Gasteiger charge is -2.08. The molecule has 0 amide bonds. The molecule has 5 heteroatoms. The van der Waals surface area contributed by atoms with Crippen molar-refractivity contribution in [1.29, 1.82) is 0 Å². The van der Waals surface area contributed by atoms with Gasteiger partial charge in [-0.15, -0.1) is 0 Å². The number of rotatable bonds is 5. The number of ether oxygens (including phenoxy) is 1. The van der Waals surface area contributed by atoms with E-state index in [1.54, 1.807) is 11.7 Å². The van der Waals surface area contributed by atoms with Gasteiger partial charge in [-0.25, -0.2) is 4.79 Å². The fourth-order valence-corrected chi connectivity index (χ4v) is 3.00. The van der Waals surface area contributed by atoms with Gasteiger partial charge in [0.15, 0.2) is 0 Å². The second-order valence-electron chi connectivity index (χ2n) is 6.09. The maximum Gasteiger partial charge on any atom is 0.326 e. The summed E-state index contributed by atoms with van der Waals surface area (Å²) in [5.74, 6) is 0.802. The van der Waals surface area contributed by atoms with Crippen molar-refractivity contribution in [3.63, 3.8) is 0 Å². The number of fused-ring (bicyclic) bond motifs is 1. The third-order valence-corrected chi connectivity index (χ3v) is 4.34. The van der Waals surface area contributed by atoms with Crippen LogP contribution in [-0.2, 0) is 6.54 Å². The highest BCUT2D eigenvalue weighted by Crippen LogP contribution is 2.21. The summed E-state index contributed by atoms with van der Waals surface area (Å²) in [6.07, 6.45) is 0. The van der Waals surface area contributed by atoms with Gasteiger partial charge in [0.05, 0.1) is 24.7 Å². The number of imidazole rings is 1. The zero-order chi connectivity index (χ0) is 17.9. The van der Waals surface area contributed by atoms with E-state index < -0.39 is 0 Å². The molecule has 1 aromatic heterocycles. The van der Waals surface area contributed by atoms with Crippen molar-refractivity contribution in [2.24, 2.45) is 0 Å². The Kier molecular flexibility index (Phi) is 4.19. The van der Waals surface area contributed by atoms with E-state index in [2.05, 4.69) is 10.3 Å². The standard InChI is InChI=1S/C21H19N3O2/c1-26-18-10-7-15(8-11-18)14-24-20-12-9-17(13-19(20)23-21(24)25)22-16-5-3-2-4-6-16/h2-13,22H,14H2,1H3,(H,23,25). The predicted octanol–water partition coefficient (Wildman–Crippen LogP) is 4.13. The van der Waals surface area contributed by atoms with Gasteiger partial charge in [0.2, 0.25) is 0 Å². The minimum absolute atomic E-state index is 0.118. The molecule has 0 unspecified atom stereocenters. The summed E-state index contributed by atoms with van der Waals surface area (Å²) >= 11 is 0. The van der Waals surface area contributed by atoms with E-state index in [-0.39, 0.29) is 5.69 Å². The maximum atomic E-state index is 12.4. The summed E-state index contributed by atoms with van der Waals surface area (Å²) < 4.78 is 6.92. The molecule has 3 aromatic carbocycles. The van der Waals surface area contributed by atoms with Crippen LogP contribution in [0.25, 0.3) is 11.0 Å². The Bertz CT molecular complexity index is 1080. The highest BCUT2D eigenvalue weighted by molar-refractivity contribution is 5.81. The Labute approximate surface area is 150 Å². The van der Waals surface area contributed by atoms with Crippen molar-refractivity contribution in [3.8, 4) is 5.75 Å². The number of benzene rings is 3. The fraction of sp³-hybridized carbons (Fsp3) is 0.0952. The highest BCUT2D eigenvalue weighted by atomic mass is 16.5. The molecule has 4 aromatic rings. The van der Waals surface area contributed by atoms with E-state index in [4.69, 9.17) is 4.74 Å². The molecule has 4 rings (SSSR count). The lowest BCUT2D eigenvalue weighted by atomic mass is 10.2. The van der Waals surface area contributed by atoms with Crippen LogP contribution in [-0.4, -0.2) is 16.7 Å². The van der Waals surface area contributed by atoms with Crippen LogP contribution in [0.1, 0.15) is 5.56 Å². The molecule has 0 radical (unpaired) electrons. The molecule has 0 bridgehead atoms. The molecule has 0 spiro atoms. The number of aromatic amines is 1. The first-order valence-corrected chi connectivity index (χ1v) is 8.40. The van der Waals surface area contributed by atoms with E-state index in [9.17, 15) is 4.79 Å². The summed E-state index contributed by atoms with van der Waals surface area (Å²) in [4.78, 5) is 15.3. The van der Waals surface area contributed by atoms with E-state index in [0.717, 1.165) is 33.7 Å². The first-order chi connectivity index (χ1) is 12.7. The molecule has 0 saturated heterocycles. The Hall–Kier alpha value is -3.47. The smallest absolute Gasteiger partial charge is 0.326 e. The quantitative estimate of drug-likeness (QED) is 0.572. The van der Waals surface area contributed by atoms with E-state index in [1.807, 2.05) is 72.8 Å². The van der Waals surface area contributed by atoms with Crippen molar-refractivity contribution in [3.05, 3.63) is 88.8 Å². The average Bonchev–Trinajstić information content (AvgIpc) is 2.98. The highest BCUT2D eigenvalue weighted by Gasteiger charge is 2.08. The fourth-order valence-electron chi connectivity index (χ4n) is 3.00. The van der Waals surface area contributed by atoms with Crippen molar-refractivity contribution < 1.29 is 4.74 Å². The van der Waals surface area contributed by atoms with Crippen LogP contribution in [0, 0.1) is 0 Å². The number of para-hydroxylation sites is 1. The van der Waals surface area contributed by atoms with Crippen LogP contribution in [0.5, 0.6) is 5.75 Å². The summed E-state index contributed by atoms with van der Waals surface area (Å²) in [5, 5.41) is 3.34. The van der Waals surface area contributed by atoms with E-state index >= 15 is 0 Å². The molecule has 130 valence electrons. The maximum absolute atomic E-state index is 12.4. The number of nitrogens with one attached hydrogen (secondary N) is 2. The Morgan fingerprint density at radius 3 is 2.46 bits per heavy atom. The number of methoxy groups -OCH3 is 1. The van der Waals surface area contributed by atoms with Gasteiger partial charge in [0, 0.05) is 11.4 Å².